The Kier molecular flexibility index (Phi) is 5.73. The maximum Gasteiger partial charge on any atom is 0.329 e. The molecule has 0 aliphatic heterocycles. The van der Waals surface area contributed by atoms with Crippen LogP contribution in [0.5, 0.6) is 0 Å². The summed E-state index contributed by atoms with van der Waals surface area (Å²) in [5, 5.41) is 14.1. The van der Waals surface area contributed by atoms with Gasteiger partial charge in [-0.2, -0.15) is 0 Å². The van der Waals surface area contributed by atoms with Gasteiger partial charge in [-0.25, -0.2) is 14.0 Å². The van der Waals surface area contributed by atoms with Crippen LogP contribution in [0.4, 0.5) is 14.9 Å². The van der Waals surface area contributed by atoms with Crippen molar-refractivity contribution < 1.29 is 19.1 Å². The van der Waals surface area contributed by atoms with E-state index in [4.69, 9.17) is 0 Å². The van der Waals surface area contributed by atoms with Crippen LogP contribution in [-0.2, 0) is 4.79 Å². The summed E-state index contributed by atoms with van der Waals surface area (Å²) < 4.78 is 13.5. The number of nitrogens with one attached hydrogen (secondary N) is 2. The highest BCUT2D eigenvalue weighted by Crippen LogP contribution is 2.19. The number of carbonyl (C=O) groups excluding carboxylic acids is 1. The summed E-state index contributed by atoms with van der Waals surface area (Å²) in [6, 6.07) is 3.29. The van der Waals surface area contributed by atoms with Crippen molar-refractivity contribution >= 4 is 40.3 Å². The second-order valence-corrected chi connectivity index (χ2v) is 5.75. The molecule has 1 aromatic rings. The van der Waals surface area contributed by atoms with Crippen LogP contribution >= 0.6 is 22.6 Å². The number of hydrogen-bond donors (Lipinski definition) is 3. The highest BCUT2D eigenvalue weighted by Gasteiger charge is 2.33. The summed E-state index contributed by atoms with van der Waals surface area (Å²) in [6.45, 7) is 3.29. The molecule has 0 aliphatic carbocycles. The Bertz CT molecular complexity index is 524. The lowest BCUT2D eigenvalue weighted by Gasteiger charge is -2.26. The van der Waals surface area contributed by atoms with E-state index >= 15 is 0 Å². The van der Waals surface area contributed by atoms with E-state index in [-0.39, 0.29) is 0 Å². The Morgan fingerprint density at radius 2 is 2.10 bits per heavy atom. The van der Waals surface area contributed by atoms with Crippen molar-refractivity contribution in [2.45, 2.75) is 32.2 Å². The Hall–Kier alpha value is -1.38. The zero-order valence-electron chi connectivity index (χ0n) is 11.2. The molecule has 5 nitrogen and oxygen atoms in total. The quantitative estimate of drug-likeness (QED) is 0.672. The average Bonchev–Trinajstić information content (AvgIpc) is 2.32. The van der Waals surface area contributed by atoms with Crippen LogP contribution in [0.1, 0.15) is 26.7 Å². The Balaban J connectivity index is 2.78. The fraction of sp³-hybridized carbons (Fsp3) is 0.385. The smallest absolute Gasteiger partial charge is 0.329 e. The Morgan fingerprint density at radius 3 is 2.60 bits per heavy atom. The standard InChI is InChI=1S/C13H16FIN2O3/c1-3-6-13(2,11(18)19)17-12(20)16-10-5-4-8(14)7-9(10)15/h4-5,7H,3,6H2,1-2H3,(H,18,19)(H2,16,17,20). The lowest BCUT2D eigenvalue weighted by Crippen LogP contribution is -2.53. The minimum Gasteiger partial charge on any atom is -0.480 e. The number of urea groups is 1. The van der Waals surface area contributed by atoms with Gasteiger partial charge in [-0.3, -0.25) is 0 Å². The molecule has 0 saturated heterocycles. The molecule has 20 heavy (non-hydrogen) atoms. The molecule has 2 amide bonds. The van der Waals surface area contributed by atoms with Gasteiger partial charge in [0, 0.05) is 3.57 Å². The number of carboxylic acids is 1. The van der Waals surface area contributed by atoms with Gasteiger partial charge in [0.05, 0.1) is 5.69 Å². The van der Waals surface area contributed by atoms with Gasteiger partial charge in [0.1, 0.15) is 11.4 Å². The number of aliphatic carboxylic acids is 1. The number of carboxylic acid groups (broad SMARTS) is 1. The molecule has 0 radical (unpaired) electrons. The van der Waals surface area contributed by atoms with Crippen molar-refractivity contribution in [2.75, 3.05) is 5.32 Å². The molecule has 110 valence electrons. The first-order chi connectivity index (χ1) is 9.28. The van der Waals surface area contributed by atoms with E-state index in [1.807, 2.05) is 29.5 Å². The summed E-state index contributed by atoms with van der Waals surface area (Å²) in [5.41, 5.74) is -0.904. The van der Waals surface area contributed by atoms with Crippen molar-refractivity contribution in [3.63, 3.8) is 0 Å². The zero-order valence-corrected chi connectivity index (χ0v) is 13.3. The predicted molar refractivity (Wildman–Crippen MR) is 82.2 cm³/mol. The third-order valence-corrected chi connectivity index (χ3v) is 3.68. The summed E-state index contributed by atoms with van der Waals surface area (Å²) in [5.74, 6) is -1.50. The predicted octanol–water partition coefficient (Wildman–Crippen LogP) is 3.20. The van der Waals surface area contributed by atoms with Crippen molar-refractivity contribution in [1.82, 2.24) is 5.32 Å². The number of amides is 2. The zero-order chi connectivity index (χ0) is 15.3. The molecule has 0 spiro atoms. The van der Waals surface area contributed by atoms with Gasteiger partial charge >= 0.3 is 12.0 Å². The summed E-state index contributed by atoms with van der Waals surface area (Å²) in [4.78, 5) is 23.1. The second kappa shape index (κ2) is 6.87. The van der Waals surface area contributed by atoms with Gasteiger partial charge in [0.25, 0.3) is 0 Å². The summed E-state index contributed by atoms with van der Waals surface area (Å²) in [7, 11) is 0. The van der Waals surface area contributed by atoms with Crippen LogP contribution in [-0.4, -0.2) is 22.6 Å². The van der Waals surface area contributed by atoms with Crippen LogP contribution in [0.25, 0.3) is 0 Å². The number of rotatable bonds is 5. The highest BCUT2D eigenvalue weighted by molar-refractivity contribution is 14.1. The number of benzene rings is 1. The van der Waals surface area contributed by atoms with E-state index in [0.29, 0.717) is 22.1 Å². The lowest BCUT2D eigenvalue weighted by molar-refractivity contribution is -0.143. The molecule has 0 aromatic heterocycles. The molecule has 1 aromatic carbocycles. The van der Waals surface area contributed by atoms with Gasteiger partial charge < -0.3 is 15.7 Å². The van der Waals surface area contributed by atoms with Crippen molar-refractivity contribution in [2.24, 2.45) is 0 Å². The van der Waals surface area contributed by atoms with E-state index in [1.165, 1.54) is 25.1 Å². The fourth-order valence-electron chi connectivity index (χ4n) is 1.72. The Labute approximate surface area is 130 Å². The fourth-order valence-corrected chi connectivity index (χ4v) is 2.33. The van der Waals surface area contributed by atoms with E-state index in [1.54, 1.807) is 0 Å². The van der Waals surface area contributed by atoms with E-state index in [2.05, 4.69) is 10.6 Å². The Morgan fingerprint density at radius 1 is 1.45 bits per heavy atom. The second-order valence-electron chi connectivity index (χ2n) is 4.59. The third-order valence-electron chi connectivity index (χ3n) is 2.79. The first-order valence-corrected chi connectivity index (χ1v) is 7.14. The number of hydrogen-bond acceptors (Lipinski definition) is 2. The van der Waals surface area contributed by atoms with Gasteiger partial charge in [-0.05, 0) is 54.1 Å². The molecular weight excluding hydrogens is 378 g/mol. The van der Waals surface area contributed by atoms with Crippen molar-refractivity contribution in [1.29, 1.82) is 0 Å². The van der Waals surface area contributed by atoms with Gasteiger partial charge in [-0.15, -0.1) is 0 Å². The van der Waals surface area contributed by atoms with E-state index < -0.39 is 23.4 Å². The lowest BCUT2D eigenvalue weighted by atomic mass is 9.97. The van der Waals surface area contributed by atoms with Crippen molar-refractivity contribution in [3.8, 4) is 0 Å². The maximum absolute atomic E-state index is 13.0. The molecular formula is C13H16FIN2O3. The molecule has 0 saturated carbocycles. The third kappa shape index (κ3) is 4.32. The van der Waals surface area contributed by atoms with Gasteiger partial charge in [0.15, 0.2) is 0 Å². The molecule has 3 N–H and O–H groups in total. The molecule has 0 aliphatic rings. The molecule has 0 fully saturated rings. The van der Waals surface area contributed by atoms with Gasteiger partial charge in [-0.1, -0.05) is 13.3 Å². The minimum absolute atomic E-state index is 0.316. The maximum atomic E-state index is 13.0. The van der Waals surface area contributed by atoms with Crippen LogP contribution in [0.3, 0.4) is 0 Å². The first-order valence-electron chi connectivity index (χ1n) is 6.06. The van der Waals surface area contributed by atoms with Crippen LogP contribution in [0.15, 0.2) is 18.2 Å². The molecule has 0 heterocycles. The van der Waals surface area contributed by atoms with E-state index in [9.17, 15) is 19.1 Å². The average molecular weight is 394 g/mol. The number of carbonyl (C=O) groups is 2. The molecule has 0 bridgehead atoms. The van der Waals surface area contributed by atoms with Crippen molar-refractivity contribution in [3.05, 3.63) is 27.6 Å². The van der Waals surface area contributed by atoms with E-state index in [0.717, 1.165) is 0 Å². The monoisotopic (exact) mass is 394 g/mol. The van der Waals surface area contributed by atoms with Crippen LogP contribution in [0.2, 0.25) is 0 Å². The molecule has 1 rings (SSSR count). The molecule has 1 unspecified atom stereocenters. The largest absolute Gasteiger partial charge is 0.480 e. The van der Waals surface area contributed by atoms with Gasteiger partial charge in [0.2, 0.25) is 0 Å². The van der Waals surface area contributed by atoms with Crippen LogP contribution in [0, 0.1) is 9.39 Å². The van der Waals surface area contributed by atoms with Crippen LogP contribution < -0.4 is 10.6 Å². The first kappa shape index (κ1) is 16.7. The molecule has 7 heteroatoms. The number of halogens is 2. The normalized spacial score (nSPS) is 13.4. The summed E-state index contributed by atoms with van der Waals surface area (Å²) in [6.07, 6.45) is 0.938. The minimum atomic E-state index is -1.33. The summed E-state index contributed by atoms with van der Waals surface area (Å²) >= 11 is 1.89. The highest BCUT2D eigenvalue weighted by atomic mass is 127. The number of anilines is 1. The SMILES string of the molecule is CCCC(C)(NC(=O)Nc1ccc(F)cc1I)C(=O)O. The topological polar surface area (TPSA) is 78.4 Å². The molecule has 1 atom stereocenters.